The van der Waals surface area contributed by atoms with E-state index in [-0.39, 0.29) is 6.03 Å². The monoisotopic (exact) mass is 396 g/mol. The first-order valence-electron chi connectivity index (χ1n) is 9.01. The molecule has 0 saturated carbocycles. The van der Waals surface area contributed by atoms with E-state index in [2.05, 4.69) is 17.9 Å². The van der Waals surface area contributed by atoms with E-state index in [1.165, 1.54) is 0 Å². The Morgan fingerprint density at radius 2 is 1.82 bits per heavy atom. The maximum absolute atomic E-state index is 13.0. The maximum Gasteiger partial charge on any atom is 0.322 e. The Balaban J connectivity index is 1.83. The number of anilines is 1. The highest BCUT2D eigenvalue weighted by Crippen LogP contribution is 2.27. The van der Waals surface area contributed by atoms with Gasteiger partial charge in [-0.2, -0.15) is 12.6 Å². The molecule has 0 radical (unpaired) electrons. The number of methoxy groups -OCH3 is 2. The Bertz CT molecular complexity index is 956. The molecule has 0 bridgehead atoms. The van der Waals surface area contributed by atoms with Gasteiger partial charge < -0.3 is 19.7 Å². The van der Waals surface area contributed by atoms with Crippen molar-refractivity contribution in [3.8, 4) is 11.5 Å². The smallest absolute Gasteiger partial charge is 0.322 e. The van der Waals surface area contributed by atoms with Crippen LogP contribution in [0.4, 0.5) is 10.5 Å². The van der Waals surface area contributed by atoms with Crippen molar-refractivity contribution in [2.24, 2.45) is 0 Å². The fourth-order valence-electron chi connectivity index (χ4n) is 3.09. The summed E-state index contributed by atoms with van der Waals surface area (Å²) in [5.41, 5.74) is 1.69. The molecule has 5 nitrogen and oxygen atoms in total. The van der Waals surface area contributed by atoms with Crippen LogP contribution in [0, 0.1) is 0 Å². The minimum atomic E-state index is -0.178. The van der Waals surface area contributed by atoms with E-state index in [1.54, 1.807) is 19.1 Å². The van der Waals surface area contributed by atoms with E-state index < -0.39 is 0 Å². The van der Waals surface area contributed by atoms with Crippen LogP contribution in [0.3, 0.4) is 0 Å². The molecule has 0 saturated heterocycles. The van der Waals surface area contributed by atoms with Crippen molar-refractivity contribution in [3.63, 3.8) is 0 Å². The number of hydrogen-bond donors (Lipinski definition) is 2. The van der Waals surface area contributed by atoms with Crippen molar-refractivity contribution < 1.29 is 14.3 Å². The third-order valence-electron chi connectivity index (χ3n) is 4.54. The SMILES string of the molecule is COc1ccc(CN(CCS)C(=O)Nc2cccc3ccccc23)c(OC)c1. The fraction of sp³-hybridized carbons (Fsp3) is 0.227. The Hall–Kier alpha value is -2.86. The summed E-state index contributed by atoms with van der Waals surface area (Å²) in [5, 5.41) is 5.12. The lowest BCUT2D eigenvalue weighted by atomic mass is 10.1. The minimum Gasteiger partial charge on any atom is -0.497 e. The van der Waals surface area contributed by atoms with Gasteiger partial charge in [0.25, 0.3) is 0 Å². The molecule has 1 N–H and O–H groups in total. The fourth-order valence-corrected chi connectivity index (χ4v) is 3.33. The summed E-state index contributed by atoms with van der Waals surface area (Å²) in [6, 6.07) is 19.3. The number of amides is 2. The number of ether oxygens (including phenoxy) is 2. The molecule has 0 heterocycles. The van der Waals surface area contributed by atoms with Gasteiger partial charge in [-0.3, -0.25) is 0 Å². The molecule has 0 atom stereocenters. The number of benzene rings is 3. The van der Waals surface area contributed by atoms with Gasteiger partial charge in [0.1, 0.15) is 11.5 Å². The van der Waals surface area contributed by atoms with Crippen LogP contribution in [-0.4, -0.2) is 37.4 Å². The van der Waals surface area contributed by atoms with Crippen molar-refractivity contribution in [2.75, 3.05) is 31.8 Å². The second-order valence-corrected chi connectivity index (χ2v) is 6.73. The lowest BCUT2D eigenvalue weighted by Crippen LogP contribution is -2.36. The lowest BCUT2D eigenvalue weighted by Gasteiger charge is -2.24. The van der Waals surface area contributed by atoms with E-state index in [9.17, 15) is 4.79 Å². The summed E-state index contributed by atoms with van der Waals surface area (Å²) in [6.07, 6.45) is 0. The highest BCUT2D eigenvalue weighted by molar-refractivity contribution is 7.80. The van der Waals surface area contributed by atoms with Crippen molar-refractivity contribution in [3.05, 3.63) is 66.2 Å². The number of hydrogen-bond acceptors (Lipinski definition) is 4. The standard InChI is InChI=1S/C22H24N2O3S/c1-26-18-11-10-17(21(14-18)27-2)15-24(12-13-28)22(25)23-20-9-5-7-16-6-3-4-8-19(16)20/h3-11,14,28H,12-13,15H2,1-2H3,(H,23,25). The van der Waals surface area contributed by atoms with Crippen molar-refractivity contribution in [2.45, 2.75) is 6.54 Å². The first kappa shape index (κ1) is 19.9. The largest absolute Gasteiger partial charge is 0.497 e. The van der Waals surface area contributed by atoms with Gasteiger partial charge in [-0.05, 0) is 23.6 Å². The first-order valence-corrected chi connectivity index (χ1v) is 9.65. The van der Waals surface area contributed by atoms with Gasteiger partial charge in [-0.15, -0.1) is 0 Å². The minimum absolute atomic E-state index is 0.178. The van der Waals surface area contributed by atoms with Crippen LogP contribution >= 0.6 is 12.6 Å². The normalized spacial score (nSPS) is 10.5. The van der Waals surface area contributed by atoms with Gasteiger partial charge in [0.15, 0.2) is 0 Å². The van der Waals surface area contributed by atoms with E-state index in [4.69, 9.17) is 9.47 Å². The molecule has 6 heteroatoms. The molecule has 0 fully saturated rings. The molecule has 3 aromatic rings. The third-order valence-corrected chi connectivity index (χ3v) is 4.74. The van der Waals surface area contributed by atoms with Crippen LogP contribution < -0.4 is 14.8 Å². The van der Waals surface area contributed by atoms with E-state index in [0.29, 0.717) is 30.3 Å². The predicted octanol–water partition coefficient (Wildman–Crippen LogP) is 4.82. The van der Waals surface area contributed by atoms with E-state index in [0.717, 1.165) is 22.0 Å². The Morgan fingerprint density at radius 3 is 2.57 bits per heavy atom. The van der Waals surface area contributed by atoms with Gasteiger partial charge in [-0.25, -0.2) is 4.79 Å². The Morgan fingerprint density at radius 1 is 1.04 bits per heavy atom. The topological polar surface area (TPSA) is 50.8 Å². The summed E-state index contributed by atoms with van der Waals surface area (Å²) in [6.45, 7) is 0.916. The number of nitrogens with zero attached hydrogens (tertiary/aromatic N) is 1. The second-order valence-electron chi connectivity index (χ2n) is 6.28. The zero-order chi connectivity index (χ0) is 19.9. The number of carbonyl (C=O) groups is 1. The van der Waals surface area contributed by atoms with Crippen LogP contribution in [0.25, 0.3) is 10.8 Å². The predicted molar refractivity (Wildman–Crippen MR) is 117 cm³/mol. The molecule has 3 rings (SSSR count). The molecule has 0 unspecified atom stereocenters. The molecule has 2 amide bonds. The summed E-state index contributed by atoms with van der Waals surface area (Å²) in [4.78, 5) is 14.7. The molecular formula is C22H24N2O3S. The van der Waals surface area contributed by atoms with Crippen LogP contribution in [0.15, 0.2) is 60.7 Å². The van der Waals surface area contributed by atoms with E-state index in [1.807, 2.05) is 60.7 Å². The summed E-state index contributed by atoms with van der Waals surface area (Å²) >= 11 is 4.31. The van der Waals surface area contributed by atoms with Crippen LogP contribution in [-0.2, 0) is 6.54 Å². The maximum atomic E-state index is 13.0. The quantitative estimate of drug-likeness (QED) is 0.563. The van der Waals surface area contributed by atoms with Crippen LogP contribution in [0.1, 0.15) is 5.56 Å². The lowest BCUT2D eigenvalue weighted by molar-refractivity contribution is 0.212. The average Bonchev–Trinajstić information content (AvgIpc) is 2.73. The van der Waals surface area contributed by atoms with Gasteiger partial charge >= 0.3 is 6.03 Å². The molecule has 0 aliphatic rings. The summed E-state index contributed by atoms with van der Waals surface area (Å²) in [5.74, 6) is 1.95. The van der Waals surface area contributed by atoms with Crippen LogP contribution in [0.2, 0.25) is 0 Å². The molecule has 0 aromatic heterocycles. The highest BCUT2D eigenvalue weighted by atomic mass is 32.1. The Kier molecular flexibility index (Phi) is 6.66. The number of fused-ring (bicyclic) bond motifs is 1. The molecule has 3 aromatic carbocycles. The van der Waals surface area contributed by atoms with Crippen molar-refractivity contribution in [1.82, 2.24) is 4.90 Å². The highest BCUT2D eigenvalue weighted by Gasteiger charge is 2.17. The molecule has 28 heavy (non-hydrogen) atoms. The zero-order valence-electron chi connectivity index (χ0n) is 16.0. The second kappa shape index (κ2) is 9.37. The number of thiol groups is 1. The number of rotatable bonds is 7. The third kappa shape index (κ3) is 4.51. The average molecular weight is 397 g/mol. The number of nitrogens with one attached hydrogen (secondary N) is 1. The molecular weight excluding hydrogens is 372 g/mol. The molecule has 146 valence electrons. The summed E-state index contributed by atoms with van der Waals surface area (Å²) < 4.78 is 10.7. The summed E-state index contributed by atoms with van der Waals surface area (Å²) in [7, 11) is 3.22. The molecule has 0 aliphatic carbocycles. The van der Waals surface area contributed by atoms with E-state index >= 15 is 0 Å². The van der Waals surface area contributed by atoms with Gasteiger partial charge in [0.2, 0.25) is 0 Å². The van der Waals surface area contributed by atoms with Gasteiger partial charge in [0.05, 0.1) is 26.5 Å². The van der Waals surface area contributed by atoms with Gasteiger partial charge in [-0.1, -0.05) is 36.4 Å². The van der Waals surface area contributed by atoms with Crippen molar-refractivity contribution in [1.29, 1.82) is 0 Å². The van der Waals surface area contributed by atoms with Crippen LogP contribution in [0.5, 0.6) is 11.5 Å². The van der Waals surface area contributed by atoms with Gasteiger partial charge in [0, 0.05) is 29.3 Å². The molecule has 0 aliphatic heterocycles. The first-order chi connectivity index (χ1) is 13.7. The number of carbonyl (C=O) groups excluding carboxylic acids is 1. The number of urea groups is 1. The molecule has 0 spiro atoms. The zero-order valence-corrected chi connectivity index (χ0v) is 16.9. The van der Waals surface area contributed by atoms with Crippen molar-refractivity contribution >= 4 is 35.1 Å². The Labute approximate surface area is 170 Å².